The molecule has 0 bridgehead atoms. The van der Waals surface area contributed by atoms with Crippen molar-refractivity contribution in [3.8, 4) is 6.07 Å². The number of carbonyl (C=O) groups is 1. The molecule has 2 fully saturated rings. The molecule has 0 N–H and O–H groups in total. The van der Waals surface area contributed by atoms with Crippen LogP contribution in [0.25, 0.3) is 0 Å². The van der Waals surface area contributed by atoms with Crippen LogP contribution in [0.2, 0.25) is 0 Å². The van der Waals surface area contributed by atoms with Crippen molar-refractivity contribution >= 4 is 17.8 Å². The summed E-state index contributed by atoms with van der Waals surface area (Å²) in [5.41, 5.74) is 0. The lowest BCUT2D eigenvalue weighted by atomic mass is 9.96. The molecule has 1 atom stereocenters. The van der Waals surface area contributed by atoms with E-state index in [4.69, 9.17) is 4.74 Å². The van der Waals surface area contributed by atoms with Gasteiger partial charge in [-0.25, -0.2) is 0 Å². The Morgan fingerprint density at radius 3 is 2.44 bits per heavy atom. The summed E-state index contributed by atoms with van der Waals surface area (Å²) in [7, 11) is 0. The minimum absolute atomic E-state index is 0.0622. The molecule has 1 amide bonds. The average Bonchev–Trinajstić information content (AvgIpc) is 2.75. The Balaban J connectivity index is 1.80. The van der Waals surface area contributed by atoms with Crippen LogP contribution in [0.3, 0.4) is 0 Å². The van der Waals surface area contributed by atoms with Gasteiger partial charge in [-0.05, 0) is 26.7 Å². The molecular weight excluding hydrogens is 346 g/mol. The van der Waals surface area contributed by atoms with Gasteiger partial charge in [0, 0.05) is 39.3 Å². The summed E-state index contributed by atoms with van der Waals surface area (Å²) in [6.45, 7) is 9.42. The van der Waals surface area contributed by atoms with E-state index in [0.717, 1.165) is 32.5 Å². The number of ether oxygens (including phenoxy) is 1. The SMILES string of the molecule is CCN(CC)C(=O)C1CCCN(c2nc(C#N)nc(N3CCOCC3)n2)C1. The Bertz CT molecular complexity index is 695. The Morgan fingerprint density at radius 2 is 1.81 bits per heavy atom. The topological polar surface area (TPSA) is 98.5 Å². The highest BCUT2D eigenvalue weighted by molar-refractivity contribution is 5.79. The van der Waals surface area contributed by atoms with Gasteiger partial charge in [0.1, 0.15) is 6.07 Å². The number of morpholine rings is 1. The van der Waals surface area contributed by atoms with Crippen LogP contribution in [0, 0.1) is 17.2 Å². The fourth-order valence-electron chi connectivity index (χ4n) is 3.60. The minimum atomic E-state index is -0.0622. The third kappa shape index (κ3) is 4.45. The summed E-state index contributed by atoms with van der Waals surface area (Å²) in [4.78, 5) is 31.8. The molecule has 0 saturated carbocycles. The number of piperidine rings is 1. The molecule has 0 aliphatic carbocycles. The number of aromatic nitrogens is 3. The largest absolute Gasteiger partial charge is 0.378 e. The van der Waals surface area contributed by atoms with Crippen LogP contribution in [-0.4, -0.2) is 78.2 Å². The Labute approximate surface area is 159 Å². The second kappa shape index (κ2) is 8.95. The standard InChI is InChI=1S/C18H27N7O2/c1-3-23(4-2)16(26)14-6-5-7-25(13-14)18-21-15(12-19)20-17(22-18)24-8-10-27-11-9-24/h14H,3-11,13H2,1-2H3. The van der Waals surface area contributed by atoms with Gasteiger partial charge in [0.05, 0.1) is 19.1 Å². The van der Waals surface area contributed by atoms with Crippen LogP contribution >= 0.6 is 0 Å². The van der Waals surface area contributed by atoms with Crippen LogP contribution in [0.4, 0.5) is 11.9 Å². The monoisotopic (exact) mass is 373 g/mol. The molecular formula is C18H27N7O2. The molecule has 2 aliphatic rings. The molecule has 1 aromatic rings. The summed E-state index contributed by atoms with van der Waals surface area (Å²) < 4.78 is 5.38. The van der Waals surface area contributed by atoms with E-state index in [1.54, 1.807) is 0 Å². The lowest BCUT2D eigenvalue weighted by molar-refractivity contribution is -0.135. The fourth-order valence-corrected chi connectivity index (χ4v) is 3.60. The van der Waals surface area contributed by atoms with Gasteiger partial charge in [-0.2, -0.15) is 20.2 Å². The van der Waals surface area contributed by atoms with Crippen molar-refractivity contribution in [3.63, 3.8) is 0 Å². The van der Waals surface area contributed by atoms with Gasteiger partial charge in [-0.1, -0.05) is 0 Å². The second-order valence-corrected chi connectivity index (χ2v) is 6.77. The normalized spacial score (nSPS) is 20.3. The molecule has 146 valence electrons. The predicted octanol–water partition coefficient (Wildman–Crippen LogP) is 0.665. The van der Waals surface area contributed by atoms with Crippen molar-refractivity contribution in [2.24, 2.45) is 5.92 Å². The van der Waals surface area contributed by atoms with Crippen molar-refractivity contribution in [2.45, 2.75) is 26.7 Å². The van der Waals surface area contributed by atoms with Gasteiger partial charge in [-0.3, -0.25) is 4.79 Å². The molecule has 0 spiro atoms. The number of hydrogen-bond acceptors (Lipinski definition) is 8. The Morgan fingerprint density at radius 1 is 1.15 bits per heavy atom. The van der Waals surface area contributed by atoms with Crippen molar-refractivity contribution in [1.29, 1.82) is 5.26 Å². The Kier molecular flexibility index (Phi) is 6.40. The van der Waals surface area contributed by atoms with E-state index < -0.39 is 0 Å². The number of hydrogen-bond donors (Lipinski definition) is 0. The van der Waals surface area contributed by atoms with Gasteiger partial charge in [-0.15, -0.1) is 0 Å². The first-order chi connectivity index (χ1) is 13.2. The van der Waals surface area contributed by atoms with Gasteiger partial charge >= 0.3 is 0 Å². The zero-order valence-electron chi connectivity index (χ0n) is 16.1. The third-order valence-corrected chi connectivity index (χ3v) is 5.13. The summed E-state index contributed by atoms with van der Waals surface area (Å²) in [6, 6.07) is 2.03. The van der Waals surface area contributed by atoms with Crippen molar-refractivity contribution in [3.05, 3.63) is 5.82 Å². The average molecular weight is 373 g/mol. The highest BCUT2D eigenvalue weighted by Gasteiger charge is 2.30. The highest BCUT2D eigenvalue weighted by Crippen LogP contribution is 2.23. The van der Waals surface area contributed by atoms with Crippen molar-refractivity contribution in [2.75, 3.05) is 62.3 Å². The van der Waals surface area contributed by atoms with Gasteiger partial charge in [0.2, 0.25) is 23.6 Å². The zero-order valence-corrected chi connectivity index (χ0v) is 16.1. The maximum atomic E-state index is 12.7. The quantitative estimate of drug-likeness (QED) is 0.742. The van der Waals surface area contributed by atoms with E-state index in [9.17, 15) is 10.1 Å². The van der Waals surface area contributed by atoms with Crippen LogP contribution in [0.5, 0.6) is 0 Å². The first-order valence-corrected chi connectivity index (χ1v) is 9.68. The number of anilines is 2. The molecule has 1 unspecified atom stereocenters. The lowest BCUT2D eigenvalue weighted by Gasteiger charge is -2.35. The molecule has 9 heteroatoms. The molecule has 1 aromatic heterocycles. The predicted molar refractivity (Wildman–Crippen MR) is 100 cm³/mol. The van der Waals surface area contributed by atoms with Crippen molar-refractivity contribution in [1.82, 2.24) is 19.9 Å². The molecule has 9 nitrogen and oxygen atoms in total. The summed E-state index contributed by atoms with van der Waals surface area (Å²) in [5.74, 6) is 1.23. The van der Waals surface area contributed by atoms with Crippen LogP contribution in [0.15, 0.2) is 0 Å². The van der Waals surface area contributed by atoms with Crippen LogP contribution in [0.1, 0.15) is 32.5 Å². The molecule has 3 heterocycles. The summed E-state index contributed by atoms with van der Waals surface area (Å²) >= 11 is 0. The second-order valence-electron chi connectivity index (χ2n) is 6.77. The molecule has 0 aromatic carbocycles. The van der Waals surface area contributed by atoms with E-state index in [2.05, 4.69) is 15.0 Å². The maximum absolute atomic E-state index is 12.7. The molecule has 2 aliphatic heterocycles. The fraction of sp³-hybridized carbons (Fsp3) is 0.722. The number of rotatable bonds is 5. The zero-order chi connectivity index (χ0) is 19.2. The van der Waals surface area contributed by atoms with Crippen LogP contribution in [-0.2, 0) is 9.53 Å². The van der Waals surface area contributed by atoms with Crippen molar-refractivity contribution < 1.29 is 9.53 Å². The maximum Gasteiger partial charge on any atom is 0.238 e. The first-order valence-electron chi connectivity index (χ1n) is 9.68. The van der Waals surface area contributed by atoms with Gasteiger partial charge in [0.25, 0.3) is 0 Å². The number of nitrogens with zero attached hydrogens (tertiary/aromatic N) is 7. The minimum Gasteiger partial charge on any atom is -0.378 e. The Hall–Kier alpha value is -2.47. The van der Waals surface area contributed by atoms with E-state index in [1.807, 2.05) is 34.6 Å². The van der Waals surface area contributed by atoms with E-state index in [0.29, 0.717) is 44.7 Å². The molecule has 2 saturated heterocycles. The van der Waals surface area contributed by atoms with E-state index in [-0.39, 0.29) is 17.6 Å². The summed E-state index contributed by atoms with van der Waals surface area (Å²) in [5, 5.41) is 9.33. The first kappa shape index (κ1) is 19.3. The number of nitriles is 1. The van der Waals surface area contributed by atoms with Crippen LogP contribution < -0.4 is 9.80 Å². The van der Waals surface area contributed by atoms with E-state index >= 15 is 0 Å². The molecule has 27 heavy (non-hydrogen) atoms. The summed E-state index contributed by atoms with van der Waals surface area (Å²) in [6.07, 6.45) is 1.77. The molecule has 3 rings (SSSR count). The third-order valence-electron chi connectivity index (χ3n) is 5.13. The number of carbonyl (C=O) groups excluding carboxylic acids is 1. The molecule has 0 radical (unpaired) electrons. The van der Waals surface area contributed by atoms with E-state index in [1.165, 1.54) is 0 Å². The lowest BCUT2D eigenvalue weighted by Crippen LogP contribution is -2.45. The smallest absolute Gasteiger partial charge is 0.238 e. The highest BCUT2D eigenvalue weighted by atomic mass is 16.5. The van der Waals surface area contributed by atoms with Gasteiger partial charge < -0.3 is 19.4 Å². The van der Waals surface area contributed by atoms with Gasteiger partial charge in [0.15, 0.2) is 0 Å². The number of amides is 1.